The van der Waals surface area contributed by atoms with Crippen LogP contribution < -0.4 is 10.1 Å². The summed E-state index contributed by atoms with van der Waals surface area (Å²) in [4.78, 5) is 43.4. The summed E-state index contributed by atoms with van der Waals surface area (Å²) < 4.78 is 45.5. The highest BCUT2D eigenvalue weighted by atomic mass is 35.5. The van der Waals surface area contributed by atoms with Crippen molar-refractivity contribution in [2.75, 3.05) is 33.2 Å². The van der Waals surface area contributed by atoms with Crippen LogP contribution in [0.1, 0.15) is 37.2 Å². The Bertz CT molecular complexity index is 1260. The van der Waals surface area contributed by atoms with Gasteiger partial charge in [0.15, 0.2) is 5.78 Å². The van der Waals surface area contributed by atoms with Crippen LogP contribution in [0.2, 0.25) is 5.02 Å². The molecule has 2 aromatic rings. The molecule has 1 saturated carbocycles. The van der Waals surface area contributed by atoms with Gasteiger partial charge in [-0.05, 0) is 54.8 Å². The number of Topliss-reactive ketones (excluding diaryl/α,β-unsaturated/α-hetero) is 1. The van der Waals surface area contributed by atoms with Gasteiger partial charge in [-0.2, -0.15) is 0 Å². The third kappa shape index (κ3) is 5.43. The zero-order chi connectivity index (χ0) is 28.7. The Morgan fingerprint density at radius 1 is 1.00 bits per heavy atom. The van der Waals surface area contributed by atoms with Crippen molar-refractivity contribution in [3.05, 3.63) is 64.9 Å². The van der Waals surface area contributed by atoms with E-state index in [0.717, 1.165) is 5.56 Å². The summed E-state index contributed by atoms with van der Waals surface area (Å²) in [6, 6.07) is 12.2. The fraction of sp³-hybridized carbons (Fsp3) is 0.483. The van der Waals surface area contributed by atoms with Crippen LogP contribution in [0.15, 0.2) is 48.5 Å². The average Bonchev–Trinajstić information content (AvgIpc) is 3.38. The highest BCUT2D eigenvalue weighted by molar-refractivity contribution is 6.30. The van der Waals surface area contributed by atoms with E-state index in [9.17, 15) is 27.6 Å². The fourth-order valence-corrected chi connectivity index (χ4v) is 6.33. The number of ether oxygens (including phenoxy) is 1. The first kappa shape index (κ1) is 28.4. The number of alkyl halides is 2. The number of halogens is 4. The van der Waals surface area contributed by atoms with E-state index in [1.165, 1.54) is 36.2 Å². The Morgan fingerprint density at radius 2 is 1.62 bits per heavy atom. The van der Waals surface area contributed by atoms with Gasteiger partial charge < -0.3 is 15.0 Å². The van der Waals surface area contributed by atoms with Gasteiger partial charge in [-0.15, -0.1) is 0 Å². The molecule has 0 unspecified atom stereocenters. The predicted octanol–water partition coefficient (Wildman–Crippen LogP) is 4.89. The van der Waals surface area contributed by atoms with Crippen LogP contribution in [-0.2, 0) is 9.59 Å². The molecule has 2 aliphatic heterocycles. The Morgan fingerprint density at radius 3 is 2.23 bits per heavy atom. The molecule has 3 fully saturated rings. The van der Waals surface area contributed by atoms with Crippen LogP contribution >= 0.6 is 11.6 Å². The Kier molecular flexibility index (Phi) is 7.85. The maximum atomic E-state index is 14.4. The molecule has 0 aromatic heterocycles. The molecule has 2 atom stereocenters. The Labute approximate surface area is 235 Å². The summed E-state index contributed by atoms with van der Waals surface area (Å²) >= 11 is 6.11. The molecular formula is C29H31ClF3N3O4. The summed E-state index contributed by atoms with van der Waals surface area (Å²) in [5, 5.41) is 3.82. The van der Waals surface area contributed by atoms with Gasteiger partial charge in [-0.1, -0.05) is 23.7 Å². The highest BCUT2D eigenvalue weighted by Gasteiger charge is 2.57. The van der Waals surface area contributed by atoms with Crippen molar-refractivity contribution in [1.82, 2.24) is 15.1 Å². The third-order valence-corrected chi connectivity index (χ3v) is 8.78. The van der Waals surface area contributed by atoms with E-state index < -0.39 is 54.0 Å². The molecular weight excluding hydrogens is 547 g/mol. The Balaban J connectivity index is 1.37. The largest absolute Gasteiger partial charge is 0.415 e. The quantitative estimate of drug-likeness (QED) is 0.529. The van der Waals surface area contributed by atoms with Gasteiger partial charge in [0, 0.05) is 68.8 Å². The van der Waals surface area contributed by atoms with Crippen LogP contribution in [0.5, 0.6) is 5.75 Å². The average molecular weight is 578 g/mol. The maximum Gasteiger partial charge on any atom is 0.415 e. The number of benzene rings is 2. The number of nitrogens with zero attached hydrogens (tertiary/aromatic N) is 2. The van der Waals surface area contributed by atoms with E-state index in [-0.39, 0.29) is 37.1 Å². The van der Waals surface area contributed by atoms with Crippen LogP contribution in [0.3, 0.4) is 0 Å². The normalized spacial score (nSPS) is 24.8. The van der Waals surface area contributed by atoms with Crippen LogP contribution in [-0.4, -0.2) is 72.3 Å². The molecule has 1 N–H and O–H groups in total. The molecule has 5 rings (SSSR count). The number of piperidine rings is 1. The zero-order valence-electron chi connectivity index (χ0n) is 22.0. The number of rotatable bonds is 6. The number of ketones is 1. The van der Waals surface area contributed by atoms with Crippen LogP contribution in [0, 0.1) is 17.7 Å². The van der Waals surface area contributed by atoms with Gasteiger partial charge in [-0.25, -0.2) is 18.0 Å². The molecule has 214 valence electrons. The van der Waals surface area contributed by atoms with Crippen LogP contribution in [0.25, 0.3) is 0 Å². The summed E-state index contributed by atoms with van der Waals surface area (Å²) in [7, 11) is 1.52. The highest BCUT2D eigenvalue weighted by Crippen LogP contribution is 2.44. The molecule has 2 amide bonds. The second kappa shape index (κ2) is 11.0. The number of likely N-dealkylation sites (tertiary alicyclic amines) is 1. The third-order valence-electron chi connectivity index (χ3n) is 8.53. The zero-order valence-corrected chi connectivity index (χ0v) is 22.8. The summed E-state index contributed by atoms with van der Waals surface area (Å²) in [5.74, 6) is -5.09. The van der Waals surface area contributed by atoms with Gasteiger partial charge >= 0.3 is 6.09 Å². The van der Waals surface area contributed by atoms with E-state index >= 15 is 0 Å². The van der Waals surface area contributed by atoms with E-state index in [1.807, 2.05) is 12.1 Å². The lowest BCUT2D eigenvalue weighted by Gasteiger charge is -2.44. The molecule has 0 spiro atoms. The molecule has 2 aromatic carbocycles. The lowest BCUT2D eigenvalue weighted by atomic mass is 9.72. The van der Waals surface area contributed by atoms with Crippen molar-refractivity contribution in [3.63, 3.8) is 0 Å². The first-order valence-corrected chi connectivity index (χ1v) is 13.8. The molecule has 3 aliphatic rings. The molecule has 7 nitrogen and oxygen atoms in total. The number of likely N-dealkylation sites (N-methyl/N-ethyl adjacent to an activating group) is 1. The van der Waals surface area contributed by atoms with E-state index in [0.29, 0.717) is 24.4 Å². The minimum Gasteiger partial charge on any atom is -0.410 e. The first-order valence-electron chi connectivity index (χ1n) is 13.4. The van der Waals surface area contributed by atoms with E-state index in [4.69, 9.17) is 16.3 Å². The monoisotopic (exact) mass is 577 g/mol. The standard InChI is InChI=1S/C29H31ClF3N3O4/c1-35(27(39)40-23-8-6-22(31)7-9-23)29(17-34-16-24(29)18-2-4-21(30)5-3-18)25(37)19-10-12-36(13-11-19)26(38)20-14-28(32,33)15-20/h2-9,19-20,24,34H,10-17H2,1H3/t24-,29+/m0/s1. The number of amides is 2. The van der Waals surface area contributed by atoms with Crippen molar-refractivity contribution in [1.29, 1.82) is 0 Å². The first-order chi connectivity index (χ1) is 19.0. The number of hydrogen-bond donors (Lipinski definition) is 1. The number of hydrogen-bond acceptors (Lipinski definition) is 5. The minimum absolute atomic E-state index is 0.142. The molecule has 0 radical (unpaired) electrons. The van der Waals surface area contributed by atoms with Crippen molar-refractivity contribution in [3.8, 4) is 5.75 Å². The molecule has 1 aliphatic carbocycles. The SMILES string of the molecule is CN(C(=O)Oc1ccc(F)cc1)[C@]1(C(=O)C2CCN(C(=O)C3CC(F)(F)C3)CC2)CNC[C@H]1c1ccc(Cl)cc1. The van der Waals surface area contributed by atoms with Gasteiger partial charge in [0.25, 0.3) is 0 Å². The predicted molar refractivity (Wildman–Crippen MR) is 142 cm³/mol. The van der Waals surface area contributed by atoms with Gasteiger partial charge in [0.1, 0.15) is 17.1 Å². The maximum absolute atomic E-state index is 14.4. The topological polar surface area (TPSA) is 79.0 Å². The molecule has 0 bridgehead atoms. The van der Waals surface area contributed by atoms with Crippen molar-refractivity contribution in [2.24, 2.45) is 11.8 Å². The van der Waals surface area contributed by atoms with E-state index in [2.05, 4.69) is 5.32 Å². The summed E-state index contributed by atoms with van der Waals surface area (Å²) in [6.07, 6.45) is -0.888. The van der Waals surface area contributed by atoms with Gasteiger partial charge in [0.2, 0.25) is 11.8 Å². The molecule has 40 heavy (non-hydrogen) atoms. The smallest absolute Gasteiger partial charge is 0.410 e. The van der Waals surface area contributed by atoms with Crippen molar-refractivity contribution < 1.29 is 32.3 Å². The minimum atomic E-state index is -2.78. The molecule has 2 saturated heterocycles. The number of carbonyl (C=O) groups is 3. The Hall–Kier alpha value is -3.11. The van der Waals surface area contributed by atoms with Gasteiger partial charge in [-0.3, -0.25) is 14.5 Å². The fourth-order valence-electron chi connectivity index (χ4n) is 6.21. The number of nitrogens with one attached hydrogen (secondary N) is 1. The molecule has 11 heteroatoms. The van der Waals surface area contributed by atoms with Crippen molar-refractivity contribution in [2.45, 2.75) is 43.1 Å². The summed E-state index contributed by atoms with van der Waals surface area (Å²) in [6.45, 7) is 1.19. The molecule has 2 heterocycles. The number of carbonyl (C=O) groups excluding carboxylic acids is 3. The van der Waals surface area contributed by atoms with E-state index in [1.54, 1.807) is 17.0 Å². The summed E-state index contributed by atoms with van der Waals surface area (Å²) in [5.41, 5.74) is -0.486. The second-order valence-electron chi connectivity index (χ2n) is 11.0. The van der Waals surface area contributed by atoms with Gasteiger partial charge in [0.05, 0.1) is 0 Å². The van der Waals surface area contributed by atoms with Crippen molar-refractivity contribution >= 4 is 29.4 Å². The lowest BCUT2D eigenvalue weighted by Crippen LogP contribution is -2.62. The van der Waals surface area contributed by atoms with Crippen LogP contribution in [0.4, 0.5) is 18.0 Å². The lowest BCUT2D eigenvalue weighted by molar-refractivity contribution is -0.161. The second-order valence-corrected chi connectivity index (χ2v) is 11.4.